The van der Waals surface area contributed by atoms with Crippen LogP contribution in [0.2, 0.25) is 0 Å². The van der Waals surface area contributed by atoms with Gasteiger partial charge in [-0.15, -0.1) is 0 Å². The first-order valence-corrected chi connectivity index (χ1v) is 9.70. The molecule has 0 aromatic heterocycles. The number of rotatable bonds is 0. The molecule has 3 rings (SSSR count). The zero-order chi connectivity index (χ0) is 18.6. The summed E-state index contributed by atoms with van der Waals surface area (Å²) < 4.78 is 29.1. The quantitative estimate of drug-likeness (QED) is 0.682. The predicted molar refractivity (Wildman–Crippen MR) is 104 cm³/mol. The molecular formula is C22H28O5. The van der Waals surface area contributed by atoms with Crippen molar-refractivity contribution < 1.29 is 23.7 Å². The summed E-state index contributed by atoms with van der Waals surface area (Å²) in [7, 11) is 0. The van der Waals surface area contributed by atoms with E-state index in [4.69, 9.17) is 23.7 Å². The molecule has 0 saturated heterocycles. The lowest BCUT2D eigenvalue weighted by Crippen LogP contribution is -2.09. The Morgan fingerprint density at radius 1 is 0.407 bits per heavy atom. The normalized spacial score (nSPS) is 17.2. The number of para-hydroxylation sites is 4. The van der Waals surface area contributed by atoms with Gasteiger partial charge in [0.25, 0.3) is 0 Å². The van der Waals surface area contributed by atoms with Gasteiger partial charge in [0.05, 0.1) is 26.4 Å². The zero-order valence-corrected chi connectivity index (χ0v) is 15.7. The standard InChI is InChI=1S/C22H28O5/c1-6-13-23-17-18-27-22-12-5-4-11-21(22)26-16-8-15-25-20-10-3-2-9-19(20)24-14-7-1/h2-5,9-12H,1,6-8,13-18H2. The van der Waals surface area contributed by atoms with Crippen molar-refractivity contribution in [3.05, 3.63) is 48.5 Å². The summed E-state index contributed by atoms with van der Waals surface area (Å²) in [5, 5.41) is 0. The maximum absolute atomic E-state index is 5.88. The fourth-order valence-corrected chi connectivity index (χ4v) is 2.78. The first-order valence-electron chi connectivity index (χ1n) is 9.70. The van der Waals surface area contributed by atoms with Gasteiger partial charge in [0.15, 0.2) is 23.0 Å². The number of fused-ring (bicyclic) bond motifs is 2. The zero-order valence-electron chi connectivity index (χ0n) is 15.7. The number of ether oxygens (including phenoxy) is 5. The van der Waals surface area contributed by atoms with Crippen LogP contribution in [0.25, 0.3) is 0 Å². The highest BCUT2D eigenvalue weighted by Crippen LogP contribution is 2.28. The van der Waals surface area contributed by atoms with Crippen LogP contribution in [-0.4, -0.2) is 39.6 Å². The van der Waals surface area contributed by atoms with Gasteiger partial charge in [0.2, 0.25) is 0 Å². The molecule has 0 fully saturated rings. The second-order valence-corrected chi connectivity index (χ2v) is 6.31. The van der Waals surface area contributed by atoms with E-state index in [1.54, 1.807) is 0 Å². The van der Waals surface area contributed by atoms with Crippen LogP contribution in [0.15, 0.2) is 48.5 Å². The lowest BCUT2D eigenvalue weighted by Gasteiger charge is -2.14. The van der Waals surface area contributed by atoms with Gasteiger partial charge in [-0.05, 0) is 43.5 Å². The fourth-order valence-electron chi connectivity index (χ4n) is 2.78. The van der Waals surface area contributed by atoms with Gasteiger partial charge in [0, 0.05) is 13.0 Å². The molecule has 0 spiro atoms. The van der Waals surface area contributed by atoms with Crippen LogP contribution in [0, 0.1) is 0 Å². The van der Waals surface area contributed by atoms with Crippen LogP contribution in [0.3, 0.4) is 0 Å². The summed E-state index contributed by atoms with van der Waals surface area (Å²) in [5.41, 5.74) is 0. The number of hydrogen-bond donors (Lipinski definition) is 0. The smallest absolute Gasteiger partial charge is 0.161 e. The monoisotopic (exact) mass is 372 g/mol. The van der Waals surface area contributed by atoms with Crippen LogP contribution in [0.4, 0.5) is 0 Å². The minimum atomic E-state index is 0.516. The van der Waals surface area contributed by atoms with Crippen molar-refractivity contribution in [1.82, 2.24) is 0 Å². The van der Waals surface area contributed by atoms with Crippen molar-refractivity contribution in [3.8, 4) is 23.0 Å². The Kier molecular flexibility index (Phi) is 8.13. The molecule has 0 unspecified atom stereocenters. The summed E-state index contributed by atoms with van der Waals surface area (Å²) in [6.07, 6.45) is 3.85. The van der Waals surface area contributed by atoms with E-state index in [0.717, 1.165) is 55.3 Å². The van der Waals surface area contributed by atoms with E-state index in [1.807, 2.05) is 48.5 Å². The molecule has 1 heterocycles. The van der Waals surface area contributed by atoms with E-state index < -0.39 is 0 Å². The molecule has 0 saturated carbocycles. The Morgan fingerprint density at radius 2 is 0.852 bits per heavy atom. The van der Waals surface area contributed by atoms with Gasteiger partial charge >= 0.3 is 0 Å². The van der Waals surface area contributed by atoms with Crippen LogP contribution in [0.1, 0.15) is 25.7 Å². The average molecular weight is 372 g/mol. The van der Waals surface area contributed by atoms with E-state index in [9.17, 15) is 0 Å². The summed E-state index contributed by atoms with van der Waals surface area (Å²) in [4.78, 5) is 0. The highest BCUT2D eigenvalue weighted by atomic mass is 16.5. The topological polar surface area (TPSA) is 46.2 Å². The van der Waals surface area contributed by atoms with E-state index in [0.29, 0.717) is 33.0 Å². The lowest BCUT2D eigenvalue weighted by atomic mass is 10.2. The van der Waals surface area contributed by atoms with Gasteiger partial charge in [-0.2, -0.15) is 0 Å². The summed E-state index contributed by atoms with van der Waals surface area (Å²) in [5.74, 6) is 3.08. The van der Waals surface area contributed by atoms with E-state index >= 15 is 0 Å². The summed E-state index contributed by atoms with van der Waals surface area (Å²) >= 11 is 0. The predicted octanol–water partition coefficient (Wildman–Crippen LogP) is 4.49. The lowest BCUT2D eigenvalue weighted by molar-refractivity contribution is 0.0951. The molecule has 5 heteroatoms. The van der Waals surface area contributed by atoms with Crippen molar-refractivity contribution in [3.63, 3.8) is 0 Å². The van der Waals surface area contributed by atoms with Crippen molar-refractivity contribution in [1.29, 1.82) is 0 Å². The minimum Gasteiger partial charge on any atom is -0.490 e. The molecule has 0 aliphatic carbocycles. The number of benzene rings is 2. The molecule has 146 valence electrons. The molecule has 2 aromatic carbocycles. The first kappa shape index (κ1) is 19.4. The maximum atomic E-state index is 5.88. The molecule has 0 atom stereocenters. The van der Waals surface area contributed by atoms with Crippen molar-refractivity contribution in [2.75, 3.05) is 39.6 Å². The molecule has 0 N–H and O–H groups in total. The van der Waals surface area contributed by atoms with E-state index in [2.05, 4.69) is 0 Å². The Bertz CT molecular complexity index is 616. The second kappa shape index (κ2) is 11.3. The molecule has 5 nitrogen and oxygen atoms in total. The van der Waals surface area contributed by atoms with Crippen molar-refractivity contribution >= 4 is 0 Å². The van der Waals surface area contributed by atoms with Crippen molar-refractivity contribution in [2.24, 2.45) is 0 Å². The van der Waals surface area contributed by atoms with Gasteiger partial charge < -0.3 is 23.7 Å². The third-order valence-electron chi connectivity index (χ3n) is 4.18. The van der Waals surface area contributed by atoms with Gasteiger partial charge in [0.1, 0.15) is 6.61 Å². The molecule has 0 bridgehead atoms. The Morgan fingerprint density at radius 3 is 1.41 bits per heavy atom. The van der Waals surface area contributed by atoms with Crippen LogP contribution in [-0.2, 0) is 4.74 Å². The van der Waals surface area contributed by atoms with Crippen LogP contribution in [0.5, 0.6) is 23.0 Å². The molecule has 1 aliphatic heterocycles. The number of hydrogen-bond acceptors (Lipinski definition) is 5. The highest BCUT2D eigenvalue weighted by molar-refractivity contribution is 5.40. The molecule has 1 aliphatic rings. The molecule has 27 heavy (non-hydrogen) atoms. The third-order valence-corrected chi connectivity index (χ3v) is 4.18. The average Bonchev–Trinajstić information content (AvgIpc) is 2.70. The Balaban J connectivity index is 1.58. The largest absolute Gasteiger partial charge is 0.490 e. The first-order chi connectivity index (χ1) is 13.4. The fraction of sp³-hybridized carbons (Fsp3) is 0.455. The molecule has 0 radical (unpaired) electrons. The van der Waals surface area contributed by atoms with Gasteiger partial charge in [-0.1, -0.05) is 24.3 Å². The van der Waals surface area contributed by atoms with Crippen LogP contribution < -0.4 is 18.9 Å². The SMILES string of the molecule is c1ccc2c(c1)OCCCCCOCCOc1ccccc1OCCCO2. The van der Waals surface area contributed by atoms with Gasteiger partial charge in [-0.25, -0.2) is 0 Å². The van der Waals surface area contributed by atoms with Gasteiger partial charge in [-0.3, -0.25) is 0 Å². The maximum Gasteiger partial charge on any atom is 0.161 e. The third kappa shape index (κ3) is 6.68. The van der Waals surface area contributed by atoms with E-state index in [1.165, 1.54) is 0 Å². The summed E-state index contributed by atoms with van der Waals surface area (Å²) in [6, 6.07) is 15.5. The molecular weight excluding hydrogens is 344 g/mol. The van der Waals surface area contributed by atoms with Crippen molar-refractivity contribution in [2.45, 2.75) is 25.7 Å². The van der Waals surface area contributed by atoms with Crippen LogP contribution >= 0.6 is 0 Å². The minimum absolute atomic E-state index is 0.516. The Hall–Kier alpha value is -2.40. The van der Waals surface area contributed by atoms with E-state index in [-0.39, 0.29) is 0 Å². The summed E-state index contributed by atoms with van der Waals surface area (Å²) in [6.45, 7) is 3.63. The highest BCUT2D eigenvalue weighted by Gasteiger charge is 2.07. The molecule has 0 amide bonds. The molecule has 2 aromatic rings. The Labute approximate surface area is 161 Å². The second-order valence-electron chi connectivity index (χ2n) is 6.31.